The smallest absolute Gasteiger partial charge is 0.252 e. The number of hydrogen-bond acceptors (Lipinski definition) is 4. The van der Waals surface area contributed by atoms with Crippen LogP contribution in [0.3, 0.4) is 0 Å². The van der Waals surface area contributed by atoms with Crippen LogP contribution in [0.4, 0.5) is 0 Å². The fraction of sp³-hybridized carbons (Fsp3) is 0.300. The van der Waals surface area contributed by atoms with Crippen molar-refractivity contribution in [3.8, 4) is 11.5 Å². The summed E-state index contributed by atoms with van der Waals surface area (Å²) in [5.41, 5.74) is 7.72. The summed E-state index contributed by atoms with van der Waals surface area (Å²) in [7, 11) is 0. The fourth-order valence-corrected chi connectivity index (χ4v) is 3.65. The lowest BCUT2D eigenvalue weighted by Gasteiger charge is -2.29. The molecule has 0 atom stereocenters. The minimum atomic E-state index is -0.285. The number of para-hydroxylation sites is 1. The summed E-state index contributed by atoms with van der Waals surface area (Å²) in [6, 6.07) is 13.1. The quantitative estimate of drug-likeness (QED) is 0.673. The fourth-order valence-electron chi connectivity index (χ4n) is 3.65. The summed E-state index contributed by atoms with van der Waals surface area (Å²) < 4.78 is 5.46. The number of nitrogens with zero attached hydrogens (tertiary/aromatic N) is 1. The summed E-state index contributed by atoms with van der Waals surface area (Å²) in [5, 5.41) is 4.03. The van der Waals surface area contributed by atoms with Crippen LogP contribution >= 0.6 is 24.8 Å². The molecule has 1 amide bonds. The molecule has 144 valence electrons. The van der Waals surface area contributed by atoms with Crippen molar-refractivity contribution < 1.29 is 9.21 Å². The Morgan fingerprint density at radius 2 is 1.89 bits per heavy atom. The molecule has 5 nitrogen and oxygen atoms in total. The Hall–Kier alpha value is -2.08. The van der Waals surface area contributed by atoms with Crippen molar-refractivity contribution in [1.82, 2.24) is 10.3 Å². The first-order chi connectivity index (χ1) is 12.2. The number of benzene rings is 1. The molecule has 27 heavy (non-hydrogen) atoms. The third kappa shape index (κ3) is 4.10. The van der Waals surface area contributed by atoms with Crippen molar-refractivity contribution >= 4 is 41.6 Å². The number of hydrogen-bond donors (Lipinski definition) is 2. The number of furan rings is 1. The van der Waals surface area contributed by atoms with Crippen molar-refractivity contribution in [3.63, 3.8) is 0 Å². The molecule has 1 aromatic carbocycles. The van der Waals surface area contributed by atoms with Gasteiger partial charge in [-0.25, -0.2) is 4.98 Å². The van der Waals surface area contributed by atoms with Gasteiger partial charge in [-0.1, -0.05) is 31.0 Å². The predicted molar refractivity (Wildman–Crippen MR) is 112 cm³/mol. The van der Waals surface area contributed by atoms with Crippen LogP contribution in [0.2, 0.25) is 0 Å². The zero-order valence-corrected chi connectivity index (χ0v) is 16.4. The van der Waals surface area contributed by atoms with E-state index in [0.29, 0.717) is 23.6 Å². The van der Waals surface area contributed by atoms with E-state index < -0.39 is 0 Å². The normalized spacial score (nSPS) is 15.0. The van der Waals surface area contributed by atoms with Gasteiger partial charge in [0, 0.05) is 11.9 Å². The van der Waals surface area contributed by atoms with Crippen LogP contribution in [0.5, 0.6) is 0 Å². The molecule has 3 aromatic rings. The molecule has 0 spiro atoms. The molecule has 1 aliphatic carbocycles. The van der Waals surface area contributed by atoms with Gasteiger partial charge >= 0.3 is 0 Å². The van der Waals surface area contributed by atoms with Gasteiger partial charge in [-0.15, -0.1) is 24.8 Å². The maximum Gasteiger partial charge on any atom is 0.252 e. The van der Waals surface area contributed by atoms with Gasteiger partial charge in [0.2, 0.25) is 0 Å². The van der Waals surface area contributed by atoms with Crippen molar-refractivity contribution in [2.24, 2.45) is 5.73 Å². The molecule has 0 bridgehead atoms. The maximum atomic E-state index is 13.1. The van der Waals surface area contributed by atoms with Gasteiger partial charge in [-0.2, -0.15) is 0 Å². The molecule has 0 unspecified atom stereocenters. The molecule has 0 saturated heterocycles. The summed E-state index contributed by atoms with van der Waals surface area (Å²) in [5.74, 6) is 0.549. The lowest BCUT2D eigenvalue weighted by molar-refractivity contribution is 0.0905. The molecule has 0 aliphatic heterocycles. The lowest BCUT2D eigenvalue weighted by atomic mass is 9.96. The van der Waals surface area contributed by atoms with Gasteiger partial charge in [0.05, 0.1) is 22.9 Å². The van der Waals surface area contributed by atoms with Gasteiger partial charge in [-0.3, -0.25) is 4.79 Å². The van der Waals surface area contributed by atoms with Crippen LogP contribution in [0.25, 0.3) is 22.4 Å². The van der Waals surface area contributed by atoms with E-state index in [2.05, 4.69) is 10.3 Å². The molecular formula is C20H23Cl2N3O2. The zero-order chi connectivity index (χ0) is 17.3. The highest BCUT2D eigenvalue weighted by Crippen LogP contribution is 2.30. The van der Waals surface area contributed by atoms with Crippen LogP contribution < -0.4 is 11.1 Å². The highest BCUT2D eigenvalue weighted by atomic mass is 35.5. The standard InChI is InChI=1S/C20H21N3O2.2ClH/c21-13-20(9-3-4-10-20)23-19(24)15-12-17(18-8-5-11-25-18)22-16-7-2-1-6-14(15)16;;/h1-2,5-8,11-12H,3-4,9-10,13,21H2,(H,23,24);2*1H. The van der Waals surface area contributed by atoms with E-state index in [9.17, 15) is 4.79 Å². The number of halogens is 2. The van der Waals surface area contributed by atoms with Crippen LogP contribution in [-0.4, -0.2) is 23.0 Å². The van der Waals surface area contributed by atoms with Gasteiger partial charge in [-0.05, 0) is 37.1 Å². The van der Waals surface area contributed by atoms with E-state index in [-0.39, 0.29) is 36.3 Å². The van der Waals surface area contributed by atoms with E-state index in [0.717, 1.165) is 36.6 Å². The highest BCUT2D eigenvalue weighted by molar-refractivity contribution is 6.07. The summed E-state index contributed by atoms with van der Waals surface area (Å²) in [6.45, 7) is 0.465. The van der Waals surface area contributed by atoms with E-state index in [4.69, 9.17) is 10.2 Å². The minimum Gasteiger partial charge on any atom is -0.463 e. The van der Waals surface area contributed by atoms with Gasteiger partial charge in [0.25, 0.3) is 5.91 Å². The number of amides is 1. The molecule has 1 fully saturated rings. The molecule has 7 heteroatoms. The third-order valence-electron chi connectivity index (χ3n) is 5.06. The number of aromatic nitrogens is 1. The first-order valence-electron chi connectivity index (χ1n) is 8.67. The summed E-state index contributed by atoms with van der Waals surface area (Å²) in [4.78, 5) is 17.7. The summed E-state index contributed by atoms with van der Waals surface area (Å²) in [6.07, 6.45) is 5.68. The Bertz CT molecular complexity index is 907. The van der Waals surface area contributed by atoms with E-state index in [1.54, 1.807) is 12.3 Å². The Morgan fingerprint density at radius 1 is 1.15 bits per heavy atom. The first-order valence-corrected chi connectivity index (χ1v) is 8.67. The zero-order valence-electron chi connectivity index (χ0n) is 14.8. The predicted octanol–water partition coefficient (Wildman–Crippen LogP) is 4.34. The van der Waals surface area contributed by atoms with E-state index >= 15 is 0 Å². The van der Waals surface area contributed by atoms with Crippen LogP contribution in [-0.2, 0) is 0 Å². The average Bonchev–Trinajstić information content (AvgIpc) is 3.33. The molecule has 1 aliphatic rings. The second kappa shape index (κ2) is 8.74. The molecule has 1 saturated carbocycles. The van der Waals surface area contributed by atoms with E-state index in [1.165, 1.54) is 0 Å². The number of fused-ring (bicyclic) bond motifs is 1. The molecule has 2 aromatic heterocycles. The summed E-state index contributed by atoms with van der Waals surface area (Å²) >= 11 is 0. The highest BCUT2D eigenvalue weighted by Gasteiger charge is 2.34. The van der Waals surface area contributed by atoms with Crippen molar-refractivity contribution in [1.29, 1.82) is 0 Å². The molecule has 4 rings (SSSR count). The number of rotatable bonds is 4. The molecule has 2 heterocycles. The Morgan fingerprint density at radius 3 is 2.56 bits per heavy atom. The third-order valence-corrected chi connectivity index (χ3v) is 5.06. The average molecular weight is 408 g/mol. The van der Waals surface area contributed by atoms with Crippen LogP contribution in [0.15, 0.2) is 53.1 Å². The molecular weight excluding hydrogens is 385 g/mol. The lowest BCUT2D eigenvalue weighted by Crippen LogP contribution is -2.51. The van der Waals surface area contributed by atoms with Crippen molar-refractivity contribution in [2.45, 2.75) is 31.2 Å². The number of carbonyl (C=O) groups is 1. The van der Waals surface area contributed by atoms with E-state index in [1.807, 2.05) is 36.4 Å². The Kier molecular flexibility index (Phi) is 6.87. The number of pyridine rings is 1. The second-order valence-electron chi connectivity index (χ2n) is 6.70. The van der Waals surface area contributed by atoms with Gasteiger partial charge < -0.3 is 15.5 Å². The maximum absolute atomic E-state index is 13.1. The topological polar surface area (TPSA) is 81.1 Å². The molecule has 0 radical (unpaired) electrons. The monoisotopic (exact) mass is 407 g/mol. The van der Waals surface area contributed by atoms with Gasteiger partial charge in [0.15, 0.2) is 5.76 Å². The van der Waals surface area contributed by atoms with Gasteiger partial charge in [0.1, 0.15) is 5.69 Å². The van der Waals surface area contributed by atoms with Crippen LogP contribution in [0, 0.1) is 0 Å². The molecule has 3 N–H and O–H groups in total. The van der Waals surface area contributed by atoms with Crippen molar-refractivity contribution in [3.05, 3.63) is 54.3 Å². The Balaban J connectivity index is 0.00000131. The van der Waals surface area contributed by atoms with Crippen molar-refractivity contribution in [2.75, 3.05) is 6.54 Å². The first kappa shape index (κ1) is 21.2. The SMILES string of the molecule is Cl.Cl.NCC1(NC(=O)c2cc(-c3ccco3)nc3ccccc23)CCCC1. The number of nitrogens with two attached hydrogens (primary N) is 1. The van der Waals surface area contributed by atoms with Crippen LogP contribution in [0.1, 0.15) is 36.0 Å². The number of nitrogens with one attached hydrogen (secondary N) is 1. The largest absolute Gasteiger partial charge is 0.463 e. The Labute approximate surface area is 170 Å². The second-order valence-corrected chi connectivity index (χ2v) is 6.70. The number of carbonyl (C=O) groups excluding carboxylic acids is 1. The minimum absolute atomic E-state index is 0.